The molecule has 0 aliphatic rings. The molecule has 1 amide bonds. The topological polar surface area (TPSA) is 71.3 Å². The number of aromatic nitrogens is 1. The monoisotopic (exact) mass is 416 g/mol. The standard InChI is InChI=1S/C21H24N2O5S/c1-5-28-13-12-23-19-16(27-4)10-7-11-17(19)29-21(23)22-20(24)18-14(25-2)8-6-9-15(18)26-3/h6-11H,5,12-13H2,1-4H3. The van der Waals surface area contributed by atoms with E-state index >= 15 is 0 Å². The number of carbonyl (C=O) groups is 1. The smallest absolute Gasteiger partial charge is 0.287 e. The highest BCUT2D eigenvalue weighted by Gasteiger charge is 2.19. The van der Waals surface area contributed by atoms with E-state index in [-0.39, 0.29) is 0 Å². The van der Waals surface area contributed by atoms with Crippen molar-refractivity contribution in [2.75, 3.05) is 34.5 Å². The van der Waals surface area contributed by atoms with E-state index in [1.807, 2.05) is 29.7 Å². The molecule has 3 rings (SSSR count). The maximum absolute atomic E-state index is 13.1. The van der Waals surface area contributed by atoms with E-state index in [4.69, 9.17) is 18.9 Å². The molecule has 3 aromatic rings. The van der Waals surface area contributed by atoms with Gasteiger partial charge in [0.1, 0.15) is 28.3 Å². The van der Waals surface area contributed by atoms with Gasteiger partial charge in [-0.15, -0.1) is 0 Å². The normalized spacial score (nSPS) is 11.7. The Kier molecular flexibility index (Phi) is 6.90. The van der Waals surface area contributed by atoms with Crippen LogP contribution in [-0.2, 0) is 11.3 Å². The van der Waals surface area contributed by atoms with Gasteiger partial charge in [-0.05, 0) is 31.2 Å². The Balaban J connectivity index is 2.17. The molecule has 8 heteroatoms. The third-order valence-electron chi connectivity index (χ3n) is 4.39. The molecule has 0 saturated heterocycles. The fraction of sp³-hybridized carbons (Fsp3) is 0.333. The third kappa shape index (κ3) is 4.28. The number of amides is 1. The molecule has 29 heavy (non-hydrogen) atoms. The molecule has 1 aromatic heterocycles. The second-order valence-corrected chi connectivity index (χ2v) is 7.00. The molecule has 0 fully saturated rings. The Labute approximate surface area is 173 Å². The Hall–Kier alpha value is -2.84. The summed E-state index contributed by atoms with van der Waals surface area (Å²) < 4.78 is 24.7. The lowest BCUT2D eigenvalue weighted by Gasteiger charge is -2.10. The van der Waals surface area contributed by atoms with E-state index in [2.05, 4.69) is 4.99 Å². The average Bonchev–Trinajstić information content (AvgIpc) is 3.10. The molecule has 0 aliphatic heterocycles. The minimum atomic E-state index is -0.435. The van der Waals surface area contributed by atoms with Gasteiger partial charge in [-0.3, -0.25) is 4.79 Å². The molecule has 0 N–H and O–H groups in total. The van der Waals surface area contributed by atoms with Gasteiger partial charge in [0.15, 0.2) is 4.80 Å². The zero-order chi connectivity index (χ0) is 20.8. The Morgan fingerprint density at radius 1 is 1.00 bits per heavy atom. The van der Waals surface area contributed by atoms with Gasteiger partial charge >= 0.3 is 0 Å². The van der Waals surface area contributed by atoms with E-state index in [0.717, 1.165) is 16.0 Å². The first-order chi connectivity index (χ1) is 14.1. The van der Waals surface area contributed by atoms with Crippen LogP contribution in [-0.4, -0.2) is 45.0 Å². The predicted octanol–water partition coefficient (Wildman–Crippen LogP) is 3.51. The van der Waals surface area contributed by atoms with Crippen molar-refractivity contribution in [1.82, 2.24) is 4.57 Å². The van der Waals surface area contributed by atoms with Crippen LogP contribution in [0.15, 0.2) is 41.4 Å². The molecular formula is C21H24N2O5S. The maximum Gasteiger partial charge on any atom is 0.287 e. The van der Waals surface area contributed by atoms with Crippen molar-refractivity contribution < 1.29 is 23.7 Å². The number of ether oxygens (including phenoxy) is 4. The molecule has 0 radical (unpaired) electrons. The van der Waals surface area contributed by atoms with Crippen LogP contribution >= 0.6 is 11.3 Å². The van der Waals surface area contributed by atoms with Gasteiger partial charge in [-0.2, -0.15) is 4.99 Å². The Morgan fingerprint density at radius 3 is 2.24 bits per heavy atom. The predicted molar refractivity (Wildman–Crippen MR) is 112 cm³/mol. The number of para-hydroxylation sites is 1. The molecule has 0 saturated carbocycles. The molecule has 1 heterocycles. The second-order valence-electron chi connectivity index (χ2n) is 5.99. The zero-order valence-electron chi connectivity index (χ0n) is 16.9. The number of methoxy groups -OCH3 is 3. The highest BCUT2D eigenvalue weighted by Crippen LogP contribution is 2.30. The number of thiazole rings is 1. The van der Waals surface area contributed by atoms with Crippen molar-refractivity contribution >= 4 is 27.5 Å². The maximum atomic E-state index is 13.1. The van der Waals surface area contributed by atoms with Crippen molar-refractivity contribution in [2.45, 2.75) is 13.5 Å². The molecule has 0 atom stereocenters. The number of hydrogen-bond acceptors (Lipinski definition) is 6. The number of benzene rings is 2. The zero-order valence-corrected chi connectivity index (χ0v) is 17.7. The minimum absolute atomic E-state index is 0.290. The molecule has 0 bridgehead atoms. The summed E-state index contributed by atoms with van der Waals surface area (Å²) in [7, 11) is 4.65. The number of rotatable bonds is 8. The fourth-order valence-corrected chi connectivity index (χ4v) is 4.13. The lowest BCUT2D eigenvalue weighted by Crippen LogP contribution is -2.20. The summed E-state index contributed by atoms with van der Waals surface area (Å²) in [5.74, 6) is 1.12. The summed E-state index contributed by atoms with van der Waals surface area (Å²) in [4.78, 5) is 18.1. The number of fused-ring (bicyclic) bond motifs is 1. The van der Waals surface area contributed by atoms with Crippen molar-refractivity contribution in [1.29, 1.82) is 0 Å². The molecule has 0 spiro atoms. The molecule has 154 valence electrons. The number of nitrogens with zero attached hydrogens (tertiary/aromatic N) is 2. The van der Waals surface area contributed by atoms with E-state index in [1.165, 1.54) is 25.6 Å². The summed E-state index contributed by atoms with van der Waals surface area (Å²) in [5, 5.41) is 0. The molecule has 0 aliphatic carbocycles. The first kappa shape index (κ1) is 20.9. The molecule has 2 aromatic carbocycles. The van der Waals surface area contributed by atoms with Crippen LogP contribution in [0.25, 0.3) is 10.2 Å². The van der Waals surface area contributed by atoms with Crippen molar-refractivity contribution in [3.05, 3.63) is 46.8 Å². The quantitative estimate of drug-likeness (QED) is 0.526. The average molecular weight is 416 g/mol. The van der Waals surface area contributed by atoms with Crippen LogP contribution in [0.4, 0.5) is 0 Å². The second kappa shape index (κ2) is 9.58. The van der Waals surface area contributed by atoms with Gasteiger partial charge in [-0.25, -0.2) is 0 Å². The van der Waals surface area contributed by atoms with Gasteiger partial charge < -0.3 is 23.5 Å². The summed E-state index contributed by atoms with van der Waals surface area (Å²) in [6.07, 6.45) is 0. The molecule has 0 unspecified atom stereocenters. The number of carbonyl (C=O) groups excluding carboxylic acids is 1. The summed E-state index contributed by atoms with van der Waals surface area (Å²) in [5.41, 5.74) is 1.18. The van der Waals surface area contributed by atoms with Crippen LogP contribution in [0.5, 0.6) is 17.2 Å². The highest BCUT2D eigenvalue weighted by atomic mass is 32.1. The van der Waals surface area contributed by atoms with Crippen molar-refractivity contribution in [2.24, 2.45) is 4.99 Å². The van der Waals surface area contributed by atoms with Gasteiger partial charge in [0, 0.05) is 13.2 Å². The minimum Gasteiger partial charge on any atom is -0.496 e. The van der Waals surface area contributed by atoms with Gasteiger partial charge in [-0.1, -0.05) is 23.5 Å². The summed E-state index contributed by atoms with van der Waals surface area (Å²) in [6, 6.07) is 11.0. The third-order valence-corrected chi connectivity index (χ3v) is 5.43. The summed E-state index contributed by atoms with van der Waals surface area (Å²) in [6.45, 7) is 3.60. The SMILES string of the molecule is CCOCCn1c(=NC(=O)c2c(OC)cccc2OC)sc2cccc(OC)c21. The molecule has 7 nitrogen and oxygen atoms in total. The molecular weight excluding hydrogens is 392 g/mol. The van der Waals surface area contributed by atoms with E-state index in [1.54, 1.807) is 25.3 Å². The van der Waals surface area contributed by atoms with Gasteiger partial charge in [0.25, 0.3) is 5.91 Å². The van der Waals surface area contributed by atoms with E-state index < -0.39 is 5.91 Å². The van der Waals surface area contributed by atoms with Crippen LogP contribution in [0.1, 0.15) is 17.3 Å². The van der Waals surface area contributed by atoms with Crippen LogP contribution in [0.2, 0.25) is 0 Å². The largest absolute Gasteiger partial charge is 0.496 e. The lowest BCUT2D eigenvalue weighted by atomic mass is 10.1. The van der Waals surface area contributed by atoms with Gasteiger partial charge in [0.05, 0.1) is 32.6 Å². The van der Waals surface area contributed by atoms with Crippen LogP contribution in [0, 0.1) is 0 Å². The summed E-state index contributed by atoms with van der Waals surface area (Å²) >= 11 is 1.42. The van der Waals surface area contributed by atoms with Crippen molar-refractivity contribution in [3.8, 4) is 17.2 Å². The number of hydrogen-bond donors (Lipinski definition) is 0. The van der Waals surface area contributed by atoms with E-state index in [0.29, 0.717) is 41.6 Å². The lowest BCUT2D eigenvalue weighted by molar-refractivity contribution is 0.0990. The van der Waals surface area contributed by atoms with Crippen LogP contribution in [0.3, 0.4) is 0 Å². The van der Waals surface area contributed by atoms with Crippen molar-refractivity contribution in [3.63, 3.8) is 0 Å². The fourth-order valence-electron chi connectivity index (χ4n) is 3.06. The van der Waals surface area contributed by atoms with Gasteiger partial charge in [0.2, 0.25) is 0 Å². The highest BCUT2D eigenvalue weighted by molar-refractivity contribution is 7.16. The van der Waals surface area contributed by atoms with Crippen LogP contribution < -0.4 is 19.0 Å². The first-order valence-corrected chi connectivity index (χ1v) is 10.00. The first-order valence-electron chi connectivity index (χ1n) is 9.18. The van der Waals surface area contributed by atoms with E-state index in [9.17, 15) is 4.79 Å². The Morgan fingerprint density at radius 2 is 1.62 bits per heavy atom. The Bertz CT molecular complexity index is 1050.